The number of sulfonamides is 1. The Morgan fingerprint density at radius 2 is 1.61 bits per heavy atom. The van der Waals surface area contributed by atoms with Crippen LogP contribution in [0, 0.1) is 20.8 Å². The van der Waals surface area contributed by atoms with E-state index >= 15 is 0 Å². The SMILES string of the molecule is CCC(C(=O)NC)N(Cc1ccccc1Cl)C(=O)CN(c1cccc(C)c1C)S(=O)(=O)c1ccc(C)cc1. The van der Waals surface area contributed by atoms with Crippen LogP contribution < -0.4 is 9.62 Å². The van der Waals surface area contributed by atoms with Crippen molar-refractivity contribution in [1.82, 2.24) is 10.2 Å². The van der Waals surface area contributed by atoms with E-state index in [1.165, 1.54) is 24.1 Å². The maximum Gasteiger partial charge on any atom is 0.264 e. The molecule has 202 valence electrons. The summed E-state index contributed by atoms with van der Waals surface area (Å²) in [5.74, 6) is -0.857. The van der Waals surface area contributed by atoms with Crippen LogP contribution in [0.1, 0.15) is 35.6 Å². The minimum absolute atomic E-state index is 0.0512. The molecule has 9 heteroatoms. The number of amides is 2. The Labute approximate surface area is 230 Å². The number of hydrogen-bond acceptors (Lipinski definition) is 4. The van der Waals surface area contributed by atoms with E-state index in [2.05, 4.69) is 5.32 Å². The Hall–Kier alpha value is -3.36. The summed E-state index contributed by atoms with van der Waals surface area (Å²) in [6.45, 7) is 6.96. The van der Waals surface area contributed by atoms with Crippen molar-refractivity contribution in [2.45, 2.75) is 51.6 Å². The standard InChI is InChI=1S/C29H34ClN3O4S/c1-6-26(29(35)31-5)32(18-23-11-7-8-12-25(23)30)28(34)19-33(27-13-9-10-21(3)22(27)4)38(36,37)24-16-14-20(2)15-17-24/h7-17,26H,6,18-19H2,1-5H3,(H,31,35). The molecule has 0 aliphatic carbocycles. The average Bonchev–Trinajstić information content (AvgIpc) is 2.89. The number of nitrogens with zero attached hydrogens (tertiary/aromatic N) is 2. The fourth-order valence-corrected chi connectivity index (χ4v) is 5.92. The van der Waals surface area contributed by atoms with Crippen molar-refractivity contribution in [3.63, 3.8) is 0 Å². The number of anilines is 1. The molecule has 0 aliphatic heterocycles. The molecule has 0 heterocycles. The third kappa shape index (κ3) is 6.37. The zero-order valence-corrected chi connectivity index (χ0v) is 23.9. The van der Waals surface area contributed by atoms with Crippen LogP contribution >= 0.6 is 11.6 Å². The van der Waals surface area contributed by atoms with Gasteiger partial charge in [0.05, 0.1) is 10.6 Å². The van der Waals surface area contributed by atoms with E-state index in [1.807, 2.05) is 26.8 Å². The first-order valence-corrected chi connectivity index (χ1v) is 14.2. The summed E-state index contributed by atoms with van der Waals surface area (Å²) < 4.78 is 29.1. The van der Waals surface area contributed by atoms with Gasteiger partial charge in [-0.1, -0.05) is 66.6 Å². The van der Waals surface area contributed by atoms with Gasteiger partial charge in [0.25, 0.3) is 10.0 Å². The van der Waals surface area contributed by atoms with E-state index in [-0.39, 0.29) is 17.3 Å². The van der Waals surface area contributed by atoms with E-state index in [4.69, 9.17) is 11.6 Å². The molecule has 2 amide bonds. The fourth-order valence-electron chi connectivity index (χ4n) is 4.25. The highest BCUT2D eigenvalue weighted by Gasteiger charge is 2.34. The van der Waals surface area contributed by atoms with Crippen molar-refractivity contribution in [3.05, 3.63) is 94.0 Å². The first-order valence-electron chi connectivity index (χ1n) is 12.4. The van der Waals surface area contributed by atoms with Gasteiger partial charge in [-0.3, -0.25) is 13.9 Å². The Bertz CT molecular complexity index is 1410. The number of nitrogens with one attached hydrogen (secondary N) is 1. The largest absolute Gasteiger partial charge is 0.357 e. The number of rotatable bonds is 10. The Balaban J connectivity index is 2.12. The predicted octanol–water partition coefficient (Wildman–Crippen LogP) is 5.01. The molecule has 0 saturated heterocycles. The van der Waals surface area contributed by atoms with Gasteiger partial charge in [-0.2, -0.15) is 0 Å². The highest BCUT2D eigenvalue weighted by Crippen LogP contribution is 2.29. The molecule has 0 spiro atoms. The summed E-state index contributed by atoms with van der Waals surface area (Å²) in [7, 11) is -2.61. The number of benzene rings is 3. The molecule has 0 aromatic heterocycles. The quantitative estimate of drug-likeness (QED) is 0.381. The Morgan fingerprint density at radius 1 is 0.947 bits per heavy atom. The van der Waals surface area contributed by atoms with E-state index in [0.717, 1.165) is 21.0 Å². The van der Waals surface area contributed by atoms with Gasteiger partial charge >= 0.3 is 0 Å². The van der Waals surface area contributed by atoms with Crippen molar-refractivity contribution in [2.75, 3.05) is 17.9 Å². The van der Waals surface area contributed by atoms with Crippen molar-refractivity contribution in [1.29, 1.82) is 0 Å². The number of aryl methyl sites for hydroxylation is 2. The van der Waals surface area contributed by atoms with Gasteiger partial charge in [-0.15, -0.1) is 0 Å². The van der Waals surface area contributed by atoms with E-state index in [0.29, 0.717) is 22.7 Å². The molecule has 1 N–H and O–H groups in total. The molecular weight excluding hydrogens is 522 g/mol. The van der Waals surface area contributed by atoms with Crippen LogP contribution in [0.25, 0.3) is 0 Å². The van der Waals surface area contributed by atoms with Crippen LogP contribution in [-0.4, -0.2) is 44.8 Å². The molecule has 0 aliphatic rings. The topological polar surface area (TPSA) is 86.8 Å². The van der Waals surface area contributed by atoms with E-state index in [1.54, 1.807) is 55.5 Å². The molecule has 0 fully saturated rings. The second-order valence-electron chi connectivity index (χ2n) is 9.20. The molecule has 0 saturated carbocycles. The number of carbonyl (C=O) groups is 2. The number of halogens is 1. The lowest BCUT2D eigenvalue weighted by Crippen LogP contribution is -2.51. The molecule has 38 heavy (non-hydrogen) atoms. The van der Waals surface area contributed by atoms with Gasteiger partial charge in [0.2, 0.25) is 11.8 Å². The highest BCUT2D eigenvalue weighted by atomic mass is 35.5. The first-order chi connectivity index (χ1) is 18.0. The fraction of sp³-hybridized carbons (Fsp3) is 0.310. The Morgan fingerprint density at radius 3 is 2.21 bits per heavy atom. The molecule has 1 atom stereocenters. The molecule has 3 aromatic rings. The lowest BCUT2D eigenvalue weighted by atomic mass is 10.1. The Kier molecular flexibility index (Phi) is 9.57. The summed E-state index contributed by atoms with van der Waals surface area (Å²) >= 11 is 6.39. The first kappa shape index (κ1) is 29.2. The van der Waals surface area contributed by atoms with Crippen molar-refractivity contribution in [2.24, 2.45) is 0 Å². The number of carbonyl (C=O) groups excluding carboxylic acids is 2. The molecule has 0 radical (unpaired) electrons. The maximum atomic E-state index is 14.0. The van der Waals surface area contributed by atoms with Crippen LogP contribution in [0.15, 0.2) is 71.6 Å². The minimum atomic E-state index is -4.12. The van der Waals surface area contributed by atoms with E-state index < -0.39 is 28.5 Å². The van der Waals surface area contributed by atoms with Crippen LogP contribution in [0.5, 0.6) is 0 Å². The molecule has 3 rings (SSSR count). The molecular formula is C29H34ClN3O4S. The average molecular weight is 556 g/mol. The molecule has 3 aromatic carbocycles. The van der Waals surface area contributed by atoms with Crippen molar-refractivity contribution >= 4 is 39.1 Å². The van der Waals surface area contributed by atoms with Crippen LogP contribution in [0.2, 0.25) is 5.02 Å². The van der Waals surface area contributed by atoms with Crippen LogP contribution in [-0.2, 0) is 26.2 Å². The number of hydrogen-bond donors (Lipinski definition) is 1. The van der Waals surface area contributed by atoms with Gasteiger partial charge in [-0.05, 0) is 68.1 Å². The summed E-state index contributed by atoms with van der Waals surface area (Å²) in [6.07, 6.45) is 0.337. The van der Waals surface area contributed by atoms with Gasteiger partial charge in [-0.25, -0.2) is 8.42 Å². The minimum Gasteiger partial charge on any atom is -0.357 e. The summed E-state index contributed by atoms with van der Waals surface area (Å²) in [5, 5.41) is 3.07. The zero-order chi connectivity index (χ0) is 28.0. The zero-order valence-electron chi connectivity index (χ0n) is 22.4. The smallest absolute Gasteiger partial charge is 0.264 e. The third-order valence-corrected chi connectivity index (χ3v) is 8.81. The third-order valence-electron chi connectivity index (χ3n) is 6.66. The summed E-state index contributed by atoms with van der Waals surface area (Å²) in [6, 6.07) is 18.1. The lowest BCUT2D eigenvalue weighted by Gasteiger charge is -2.33. The van der Waals surface area contributed by atoms with E-state index in [9.17, 15) is 18.0 Å². The second kappa shape index (κ2) is 12.5. The monoisotopic (exact) mass is 555 g/mol. The van der Waals surface area contributed by atoms with Crippen LogP contribution in [0.3, 0.4) is 0 Å². The molecule has 1 unspecified atom stereocenters. The molecule has 7 nitrogen and oxygen atoms in total. The summed E-state index contributed by atoms with van der Waals surface area (Å²) in [5.41, 5.74) is 3.62. The molecule has 0 bridgehead atoms. The highest BCUT2D eigenvalue weighted by molar-refractivity contribution is 7.92. The van der Waals surface area contributed by atoms with Gasteiger partial charge in [0.15, 0.2) is 0 Å². The normalized spacial score (nSPS) is 12.1. The van der Waals surface area contributed by atoms with Crippen molar-refractivity contribution in [3.8, 4) is 0 Å². The maximum absolute atomic E-state index is 14.0. The lowest BCUT2D eigenvalue weighted by molar-refractivity contribution is -0.140. The van der Waals surface area contributed by atoms with Gasteiger partial charge < -0.3 is 10.2 Å². The second-order valence-corrected chi connectivity index (χ2v) is 11.5. The summed E-state index contributed by atoms with van der Waals surface area (Å²) in [4.78, 5) is 28.3. The van der Waals surface area contributed by atoms with Crippen LogP contribution in [0.4, 0.5) is 5.69 Å². The van der Waals surface area contributed by atoms with Gasteiger partial charge in [0, 0.05) is 18.6 Å². The predicted molar refractivity (Wildman–Crippen MR) is 152 cm³/mol. The van der Waals surface area contributed by atoms with Gasteiger partial charge in [0.1, 0.15) is 12.6 Å². The van der Waals surface area contributed by atoms with Crippen molar-refractivity contribution < 1.29 is 18.0 Å². The number of likely N-dealkylation sites (N-methyl/N-ethyl adjacent to an activating group) is 1.